The molecule has 5 rings (SSSR count). The first-order valence-electron chi connectivity index (χ1n) is 13.5. The highest BCUT2D eigenvalue weighted by Crippen LogP contribution is 2.46. The van der Waals surface area contributed by atoms with E-state index in [9.17, 15) is 14.5 Å². The molecule has 2 aliphatic rings. The predicted octanol–water partition coefficient (Wildman–Crippen LogP) is 3.44. The molecule has 13 nitrogen and oxygen atoms in total. The Balaban J connectivity index is 1.32. The Hall–Kier alpha value is -3.16. The van der Waals surface area contributed by atoms with Crippen LogP contribution in [0.4, 0.5) is 10.2 Å². The van der Waals surface area contributed by atoms with E-state index in [0.717, 1.165) is 12.8 Å². The second-order valence-corrected chi connectivity index (χ2v) is 12.1. The quantitative estimate of drug-likeness (QED) is 0.208. The highest BCUT2D eigenvalue weighted by atomic mass is 31.2. The van der Waals surface area contributed by atoms with Crippen LogP contribution < -0.4 is 14.9 Å². The summed E-state index contributed by atoms with van der Waals surface area (Å²) in [7, 11) is -4.25. The first-order chi connectivity index (χ1) is 19.5. The normalized spacial score (nSPS) is 24.8. The first kappa shape index (κ1) is 29.3. The van der Waals surface area contributed by atoms with Gasteiger partial charge in [-0.15, -0.1) is 0 Å². The van der Waals surface area contributed by atoms with Gasteiger partial charge in [0.15, 0.2) is 29.4 Å². The van der Waals surface area contributed by atoms with E-state index >= 15 is 4.39 Å². The Morgan fingerprint density at radius 2 is 1.98 bits per heavy atom. The zero-order valence-electron chi connectivity index (χ0n) is 23.1. The van der Waals surface area contributed by atoms with Gasteiger partial charge in [-0.25, -0.2) is 23.9 Å². The number of benzene rings is 1. The van der Waals surface area contributed by atoms with Gasteiger partial charge in [0.25, 0.3) is 0 Å². The fourth-order valence-corrected chi connectivity index (χ4v) is 5.81. The molecule has 41 heavy (non-hydrogen) atoms. The van der Waals surface area contributed by atoms with Crippen molar-refractivity contribution in [3.8, 4) is 5.75 Å². The van der Waals surface area contributed by atoms with E-state index in [1.54, 1.807) is 51.1 Å². The van der Waals surface area contributed by atoms with E-state index in [2.05, 4.69) is 25.4 Å². The smallest absolute Gasteiger partial charge is 0.459 e. The van der Waals surface area contributed by atoms with E-state index in [1.165, 1.54) is 17.8 Å². The molecule has 222 valence electrons. The van der Waals surface area contributed by atoms with Crippen molar-refractivity contribution in [1.29, 1.82) is 0 Å². The lowest BCUT2D eigenvalue weighted by atomic mass is 10.1. The summed E-state index contributed by atoms with van der Waals surface area (Å²) >= 11 is 0. The van der Waals surface area contributed by atoms with Crippen molar-refractivity contribution in [2.24, 2.45) is 0 Å². The number of anilines is 1. The molecule has 0 amide bonds. The van der Waals surface area contributed by atoms with Gasteiger partial charge in [-0.05, 0) is 52.7 Å². The molecule has 2 aromatic heterocycles. The third-order valence-electron chi connectivity index (χ3n) is 6.45. The number of carbonyl (C=O) groups is 1. The molecule has 15 heteroatoms. The number of rotatable bonds is 12. The largest absolute Gasteiger partial charge is 0.462 e. The van der Waals surface area contributed by atoms with Crippen LogP contribution in [-0.4, -0.2) is 73.8 Å². The number of ether oxygens (including phenoxy) is 2. The number of para-hydroxylation sites is 1. The van der Waals surface area contributed by atoms with Crippen LogP contribution in [0.25, 0.3) is 11.2 Å². The Labute approximate surface area is 236 Å². The Bertz CT molecular complexity index is 1420. The van der Waals surface area contributed by atoms with Gasteiger partial charge in [0.05, 0.1) is 19.0 Å². The topological polar surface area (TPSA) is 159 Å². The molecule has 2 fully saturated rings. The van der Waals surface area contributed by atoms with Gasteiger partial charge in [-0.3, -0.25) is 13.9 Å². The van der Waals surface area contributed by atoms with Gasteiger partial charge in [0.2, 0.25) is 0 Å². The second-order valence-electron chi connectivity index (χ2n) is 10.4. The fourth-order valence-electron chi connectivity index (χ4n) is 4.30. The molecule has 3 heterocycles. The van der Waals surface area contributed by atoms with Crippen molar-refractivity contribution in [3.63, 3.8) is 0 Å². The molecule has 3 aromatic rings. The fraction of sp³-hybridized carbons (Fsp3) is 0.538. The lowest BCUT2D eigenvalue weighted by molar-refractivity contribution is -0.149. The number of aromatic nitrogens is 4. The minimum atomic E-state index is -4.25. The molecule has 0 radical (unpaired) electrons. The molecule has 0 bridgehead atoms. The van der Waals surface area contributed by atoms with Crippen LogP contribution >= 0.6 is 7.75 Å². The second kappa shape index (κ2) is 12.0. The van der Waals surface area contributed by atoms with Crippen LogP contribution in [0.3, 0.4) is 0 Å². The van der Waals surface area contributed by atoms with Gasteiger partial charge < -0.3 is 24.4 Å². The van der Waals surface area contributed by atoms with Crippen LogP contribution in [-0.2, 0) is 23.4 Å². The van der Waals surface area contributed by atoms with Gasteiger partial charge in [-0.2, -0.15) is 5.09 Å². The van der Waals surface area contributed by atoms with Crippen LogP contribution in [0.5, 0.6) is 5.75 Å². The lowest BCUT2D eigenvalue weighted by Crippen LogP contribution is -2.37. The SMILES string of the molecule is Cc1nc(NC2CC2)c2ncn([C@@H]3O[C@H](CO[P@@](=O)(N[C@@H](C)C(=O)OC(C)C)Oc4ccccc4)[C@@H](O)[C@H]3F)c2n1. The molecule has 0 spiro atoms. The Morgan fingerprint density at radius 1 is 1.24 bits per heavy atom. The molecule has 1 aromatic carbocycles. The molecule has 1 saturated carbocycles. The van der Waals surface area contributed by atoms with Gasteiger partial charge in [0, 0.05) is 6.04 Å². The number of aryl methyl sites for hydroxylation is 1. The van der Waals surface area contributed by atoms with E-state index in [4.69, 9.17) is 18.5 Å². The van der Waals surface area contributed by atoms with Crippen molar-refractivity contribution < 1.29 is 37.4 Å². The number of esters is 1. The van der Waals surface area contributed by atoms with Gasteiger partial charge >= 0.3 is 13.7 Å². The number of hydrogen-bond donors (Lipinski definition) is 3. The minimum absolute atomic E-state index is 0.206. The molecule has 0 unspecified atom stereocenters. The molecular weight excluding hydrogens is 558 g/mol. The number of nitrogens with zero attached hydrogens (tertiary/aromatic N) is 4. The maximum absolute atomic E-state index is 15.4. The third-order valence-corrected chi connectivity index (χ3v) is 8.10. The summed E-state index contributed by atoms with van der Waals surface area (Å²) in [5.41, 5.74) is 0.805. The Kier molecular flexibility index (Phi) is 8.57. The maximum atomic E-state index is 15.4. The van der Waals surface area contributed by atoms with Crippen molar-refractivity contribution in [1.82, 2.24) is 24.6 Å². The van der Waals surface area contributed by atoms with E-state index in [1.807, 2.05) is 0 Å². The van der Waals surface area contributed by atoms with Crippen molar-refractivity contribution in [2.75, 3.05) is 11.9 Å². The number of alkyl halides is 1. The molecular formula is C26H34FN6O7P. The highest BCUT2D eigenvalue weighted by molar-refractivity contribution is 7.52. The number of carbonyl (C=O) groups excluding carboxylic acids is 1. The average molecular weight is 593 g/mol. The predicted molar refractivity (Wildman–Crippen MR) is 146 cm³/mol. The summed E-state index contributed by atoms with van der Waals surface area (Å²) in [5.74, 6) is 0.558. The summed E-state index contributed by atoms with van der Waals surface area (Å²) in [6.45, 7) is 6.02. The first-order valence-corrected chi connectivity index (χ1v) is 15.0. The van der Waals surface area contributed by atoms with E-state index in [-0.39, 0.29) is 5.75 Å². The summed E-state index contributed by atoms with van der Waals surface area (Å²) in [6.07, 6.45) is -2.96. The van der Waals surface area contributed by atoms with Crippen molar-refractivity contribution in [2.45, 2.75) is 83.3 Å². The van der Waals surface area contributed by atoms with Crippen LogP contribution in [0.15, 0.2) is 36.7 Å². The lowest BCUT2D eigenvalue weighted by Gasteiger charge is -2.25. The van der Waals surface area contributed by atoms with Gasteiger partial charge in [-0.1, -0.05) is 18.2 Å². The summed E-state index contributed by atoms with van der Waals surface area (Å²) < 4.78 is 52.8. The molecule has 1 aliphatic heterocycles. The number of nitrogens with one attached hydrogen (secondary N) is 2. The van der Waals surface area contributed by atoms with Crippen molar-refractivity contribution >= 4 is 30.7 Å². The van der Waals surface area contributed by atoms with Crippen LogP contribution in [0, 0.1) is 6.92 Å². The van der Waals surface area contributed by atoms with Crippen LogP contribution in [0.1, 0.15) is 45.7 Å². The molecule has 3 N–H and O–H groups in total. The average Bonchev–Trinajstić information content (AvgIpc) is 3.57. The van der Waals surface area contributed by atoms with Crippen LogP contribution in [0.2, 0.25) is 0 Å². The molecule has 1 aliphatic carbocycles. The summed E-state index contributed by atoms with van der Waals surface area (Å²) in [5, 5.41) is 16.6. The number of halogens is 1. The maximum Gasteiger partial charge on any atom is 0.459 e. The standard InChI is InChI=1S/C26H34FN6O7P/c1-14(2)38-26(35)15(3)32-41(36,40-18-8-6-5-7-9-18)37-12-19-22(34)20(27)25(39-19)33-13-28-21-23(31-17-10-11-17)29-16(4)30-24(21)33/h5-9,13-15,17,19-20,22,25,34H,10-12H2,1-4H3,(H,32,36)(H,29,30,31)/t15-,19+,20+,22+,25+,41-/m0/s1. The zero-order chi connectivity index (χ0) is 29.3. The molecule has 1 saturated heterocycles. The Morgan fingerprint density at radius 3 is 2.66 bits per heavy atom. The number of fused-ring (bicyclic) bond motifs is 1. The summed E-state index contributed by atoms with van der Waals surface area (Å²) in [4.78, 5) is 25.6. The minimum Gasteiger partial charge on any atom is -0.462 e. The molecule has 6 atom stereocenters. The monoisotopic (exact) mass is 592 g/mol. The number of aliphatic hydroxyl groups excluding tert-OH is 1. The third kappa shape index (κ3) is 6.84. The number of imidazole rings is 1. The number of aliphatic hydroxyl groups is 1. The summed E-state index contributed by atoms with van der Waals surface area (Å²) in [6, 6.07) is 7.45. The highest BCUT2D eigenvalue weighted by Gasteiger charge is 2.47. The van der Waals surface area contributed by atoms with Crippen molar-refractivity contribution in [3.05, 3.63) is 42.5 Å². The van der Waals surface area contributed by atoms with E-state index in [0.29, 0.717) is 28.8 Å². The van der Waals surface area contributed by atoms with Gasteiger partial charge in [0.1, 0.15) is 29.8 Å². The number of hydrogen-bond acceptors (Lipinski definition) is 11. The zero-order valence-corrected chi connectivity index (χ0v) is 24.0. The van der Waals surface area contributed by atoms with E-state index < -0.39 is 57.1 Å².